The van der Waals surface area contributed by atoms with Gasteiger partial charge in [0.05, 0.1) is 29.0 Å². The van der Waals surface area contributed by atoms with Crippen LogP contribution >= 0.6 is 11.3 Å². The van der Waals surface area contributed by atoms with Gasteiger partial charge in [-0.15, -0.1) is 5.10 Å². The molecular formula is C13H12N4O2S2. The molecule has 0 atom stereocenters. The molecule has 2 aromatic heterocycles. The lowest BCUT2D eigenvalue weighted by Gasteiger charge is -2.04. The summed E-state index contributed by atoms with van der Waals surface area (Å²) >= 11 is 1.56. The zero-order valence-electron chi connectivity index (χ0n) is 10.9. The van der Waals surface area contributed by atoms with Crippen LogP contribution in [0.15, 0.2) is 58.3 Å². The number of hydrogen-bond donors (Lipinski definition) is 1. The second-order valence-electron chi connectivity index (χ2n) is 4.27. The summed E-state index contributed by atoms with van der Waals surface area (Å²) in [6, 6.07) is 10.1. The Hall–Kier alpha value is -2.03. The van der Waals surface area contributed by atoms with Crippen molar-refractivity contribution >= 4 is 21.4 Å². The normalized spacial score (nSPS) is 11.6. The zero-order chi connectivity index (χ0) is 14.7. The van der Waals surface area contributed by atoms with E-state index in [1.54, 1.807) is 52.5 Å². The molecule has 6 nitrogen and oxygen atoms in total. The predicted molar refractivity (Wildman–Crippen MR) is 79.7 cm³/mol. The molecule has 8 heteroatoms. The first kappa shape index (κ1) is 13.9. The Morgan fingerprint density at radius 1 is 1.19 bits per heavy atom. The molecule has 21 heavy (non-hydrogen) atoms. The van der Waals surface area contributed by atoms with Crippen molar-refractivity contribution in [2.24, 2.45) is 0 Å². The molecule has 0 spiro atoms. The average Bonchev–Trinajstić information content (AvgIpc) is 3.17. The Balaban J connectivity index is 1.71. The molecule has 0 aliphatic rings. The lowest BCUT2D eigenvalue weighted by molar-refractivity contribution is 0.580. The molecule has 108 valence electrons. The van der Waals surface area contributed by atoms with Gasteiger partial charge in [-0.3, -0.25) is 0 Å². The fraction of sp³-hybridized carbons (Fsp3) is 0.0769. The van der Waals surface area contributed by atoms with E-state index in [1.807, 2.05) is 16.8 Å². The quantitative estimate of drug-likeness (QED) is 0.778. The molecule has 1 N–H and O–H groups in total. The molecule has 0 bridgehead atoms. The monoisotopic (exact) mass is 320 g/mol. The molecular weight excluding hydrogens is 308 g/mol. The molecule has 0 saturated carbocycles. The molecule has 0 fully saturated rings. The number of rotatable bonds is 5. The summed E-state index contributed by atoms with van der Waals surface area (Å²) in [5.74, 6) is 0. The number of benzene rings is 1. The van der Waals surface area contributed by atoms with E-state index in [-0.39, 0.29) is 11.4 Å². The van der Waals surface area contributed by atoms with Crippen LogP contribution in [0.1, 0.15) is 5.69 Å². The van der Waals surface area contributed by atoms with E-state index in [4.69, 9.17) is 0 Å². The summed E-state index contributed by atoms with van der Waals surface area (Å²) < 4.78 is 28.3. The van der Waals surface area contributed by atoms with Crippen LogP contribution in [0.2, 0.25) is 0 Å². The first-order valence-electron chi connectivity index (χ1n) is 6.14. The number of nitrogens with one attached hydrogen (secondary N) is 1. The molecule has 0 aliphatic heterocycles. The Morgan fingerprint density at radius 2 is 2.00 bits per heavy atom. The van der Waals surface area contributed by atoms with Gasteiger partial charge in [-0.25, -0.2) is 17.8 Å². The smallest absolute Gasteiger partial charge is 0.220 e. The highest BCUT2D eigenvalue weighted by Crippen LogP contribution is 2.12. The van der Waals surface area contributed by atoms with Gasteiger partial charge in [0.2, 0.25) is 10.0 Å². The van der Waals surface area contributed by atoms with Crippen molar-refractivity contribution in [3.63, 3.8) is 0 Å². The van der Waals surface area contributed by atoms with E-state index < -0.39 is 10.0 Å². The summed E-state index contributed by atoms with van der Waals surface area (Å²) in [7, 11) is -3.53. The van der Waals surface area contributed by atoms with Crippen LogP contribution < -0.4 is 4.72 Å². The fourth-order valence-corrected chi connectivity index (χ4v) is 3.39. The van der Waals surface area contributed by atoms with Gasteiger partial charge < -0.3 is 0 Å². The molecule has 2 heterocycles. The van der Waals surface area contributed by atoms with Crippen LogP contribution in [0.4, 0.5) is 0 Å². The molecule has 0 unspecified atom stereocenters. The maximum absolute atomic E-state index is 12.1. The highest BCUT2D eigenvalue weighted by Gasteiger charge is 2.14. The van der Waals surface area contributed by atoms with E-state index in [9.17, 15) is 8.42 Å². The highest BCUT2D eigenvalue weighted by atomic mass is 32.2. The highest BCUT2D eigenvalue weighted by molar-refractivity contribution is 7.89. The number of sulfonamides is 1. The van der Waals surface area contributed by atoms with Crippen molar-refractivity contribution in [3.05, 3.63) is 59.0 Å². The molecule has 3 rings (SSSR count). The van der Waals surface area contributed by atoms with E-state index in [0.717, 1.165) is 5.69 Å². The largest absolute Gasteiger partial charge is 0.240 e. The van der Waals surface area contributed by atoms with Crippen LogP contribution in [0.3, 0.4) is 0 Å². The topological polar surface area (TPSA) is 76.9 Å². The second kappa shape index (κ2) is 5.76. The first-order chi connectivity index (χ1) is 10.1. The van der Waals surface area contributed by atoms with Crippen LogP contribution in [0.25, 0.3) is 5.69 Å². The van der Waals surface area contributed by atoms with Gasteiger partial charge in [-0.2, -0.15) is 11.3 Å². The zero-order valence-corrected chi connectivity index (χ0v) is 12.5. The van der Waals surface area contributed by atoms with Crippen molar-refractivity contribution in [1.29, 1.82) is 0 Å². The lowest BCUT2D eigenvalue weighted by Crippen LogP contribution is -2.23. The third-order valence-corrected chi connectivity index (χ3v) is 4.90. The van der Waals surface area contributed by atoms with Crippen molar-refractivity contribution in [2.45, 2.75) is 11.4 Å². The van der Waals surface area contributed by atoms with Gasteiger partial charge in [0.25, 0.3) is 0 Å². The Bertz CT molecular complexity index is 811. The molecule has 0 saturated heterocycles. The van der Waals surface area contributed by atoms with E-state index in [2.05, 4.69) is 15.0 Å². The van der Waals surface area contributed by atoms with Gasteiger partial charge >= 0.3 is 0 Å². The van der Waals surface area contributed by atoms with E-state index in [1.165, 1.54) is 0 Å². The standard InChI is InChI=1S/C13H12N4O2S2/c18-21(19,13-4-2-1-3-5-13)14-8-11-9-17(16-15-11)12-6-7-20-10-12/h1-7,9-10,14H,8H2. The summed E-state index contributed by atoms with van der Waals surface area (Å²) in [6.45, 7) is 0.0986. The lowest BCUT2D eigenvalue weighted by atomic mass is 10.4. The third kappa shape index (κ3) is 3.18. The molecule has 1 aromatic carbocycles. The van der Waals surface area contributed by atoms with Crippen molar-refractivity contribution in [3.8, 4) is 5.69 Å². The Labute approximate surface area is 126 Å². The van der Waals surface area contributed by atoms with Gasteiger partial charge in [0.15, 0.2) is 0 Å². The molecule has 0 aliphatic carbocycles. The summed E-state index contributed by atoms with van der Waals surface area (Å²) in [5.41, 5.74) is 1.46. The van der Waals surface area contributed by atoms with E-state index in [0.29, 0.717) is 5.69 Å². The maximum atomic E-state index is 12.1. The summed E-state index contributed by atoms with van der Waals surface area (Å²) in [6.07, 6.45) is 1.70. The minimum Gasteiger partial charge on any atom is -0.220 e. The maximum Gasteiger partial charge on any atom is 0.240 e. The molecule has 0 radical (unpaired) electrons. The van der Waals surface area contributed by atoms with Gasteiger partial charge in [0.1, 0.15) is 0 Å². The predicted octanol–water partition coefficient (Wildman–Crippen LogP) is 1.81. The fourth-order valence-electron chi connectivity index (χ4n) is 1.75. The molecule has 0 amide bonds. The van der Waals surface area contributed by atoms with Gasteiger partial charge in [0, 0.05) is 5.38 Å². The van der Waals surface area contributed by atoms with Crippen LogP contribution in [-0.2, 0) is 16.6 Å². The Kier molecular flexibility index (Phi) is 3.82. The minimum absolute atomic E-state index is 0.0986. The van der Waals surface area contributed by atoms with Crippen molar-refractivity contribution in [1.82, 2.24) is 19.7 Å². The number of hydrogen-bond acceptors (Lipinski definition) is 5. The first-order valence-corrected chi connectivity index (χ1v) is 8.56. The van der Waals surface area contributed by atoms with Crippen LogP contribution in [-0.4, -0.2) is 23.4 Å². The molecule has 3 aromatic rings. The number of thiophene rings is 1. The average molecular weight is 320 g/mol. The van der Waals surface area contributed by atoms with Crippen LogP contribution in [0, 0.1) is 0 Å². The SMILES string of the molecule is O=S(=O)(NCc1cn(-c2ccsc2)nn1)c1ccccc1. The third-order valence-electron chi connectivity index (χ3n) is 2.81. The number of nitrogens with zero attached hydrogens (tertiary/aromatic N) is 3. The van der Waals surface area contributed by atoms with E-state index >= 15 is 0 Å². The van der Waals surface area contributed by atoms with Crippen LogP contribution in [0.5, 0.6) is 0 Å². The Morgan fingerprint density at radius 3 is 2.71 bits per heavy atom. The minimum atomic E-state index is -3.53. The van der Waals surface area contributed by atoms with Crippen molar-refractivity contribution in [2.75, 3.05) is 0 Å². The number of aromatic nitrogens is 3. The van der Waals surface area contributed by atoms with Gasteiger partial charge in [-0.05, 0) is 23.6 Å². The summed E-state index contributed by atoms with van der Waals surface area (Å²) in [4.78, 5) is 0.232. The second-order valence-corrected chi connectivity index (χ2v) is 6.82. The van der Waals surface area contributed by atoms with Gasteiger partial charge in [-0.1, -0.05) is 23.4 Å². The summed E-state index contributed by atoms with van der Waals surface area (Å²) in [5, 5.41) is 11.8. The van der Waals surface area contributed by atoms with Crippen molar-refractivity contribution < 1.29 is 8.42 Å².